The molecule has 1 aromatic carbocycles. The minimum Gasteiger partial charge on any atom is -0.598 e. The van der Waals surface area contributed by atoms with Crippen molar-refractivity contribution in [2.45, 2.75) is 70.6 Å². The number of nitrogens with zero attached hydrogens (tertiary/aromatic N) is 4. The van der Waals surface area contributed by atoms with Crippen molar-refractivity contribution < 1.29 is 4.55 Å². The number of hydrogen-bond donors (Lipinski definition) is 1. The fourth-order valence-electron chi connectivity index (χ4n) is 5.69. The van der Waals surface area contributed by atoms with Gasteiger partial charge in [0, 0.05) is 48.0 Å². The summed E-state index contributed by atoms with van der Waals surface area (Å²) in [6.45, 7) is 9.93. The summed E-state index contributed by atoms with van der Waals surface area (Å²) in [6, 6.07) is 5.96. The van der Waals surface area contributed by atoms with Gasteiger partial charge in [-0.25, -0.2) is 9.97 Å². The van der Waals surface area contributed by atoms with Crippen LogP contribution in [0.1, 0.15) is 58.6 Å². The molecule has 1 aliphatic heterocycles. The molecular weight excluding hydrogens is 501 g/mol. The third kappa shape index (κ3) is 4.55. The molecule has 0 bridgehead atoms. The highest BCUT2D eigenvalue weighted by molar-refractivity contribution is 7.90. The summed E-state index contributed by atoms with van der Waals surface area (Å²) in [5, 5.41) is 1.04. The van der Waals surface area contributed by atoms with E-state index in [1.54, 1.807) is 6.07 Å². The highest BCUT2D eigenvalue weighted by Crippen LogP contribution is 2.48. The molecule has 6 nitrogen and oxygen atoms in total. The van der Waals surface area contributed by atoms with Crippen molar-refractivity contribution in [3.8, 4) is 11.1 Å². The molecule has 2 fully saturated rings. The average molecular weight is 535 g/mol. The molecule has 3 aromatic rings. The number of hydrogen-bond acceptors (Lipinski definition) is 5. The Hall–Kier alpha value is -1.51. The number of aryl methyl sites for hydroxylation is 1. The maximum Gasteiger partial charge on any atom is 0.211 e. The summed E-state index contributed by atoms with van der Waals surface area (Å²) in [5.74, 6) is 0.910. The molecule has 1 spiro atoms. The normalized spacial score (nSPS) is 21.2. The first kappa shape index (κ1) is 25.2. The van der Waals surface area contributed by atoms with Crippen LogP contribution in [0.5, 0.6) is 0 Å². The number of imidazole rings is 1. The molecule has 0 radical (unpaired) electrons. The molecule has 2 atom stereocenters. The predicted octanol–water partition coefficient (Wildman–Crippen LogP) is 6.20. The lowest BCUT2D eigenvalue weighted by Crippen LogP contribution is -2.53. The summed E-state index contributed by atoms with van der Waals surface area (Å²) in [5.41, 5.74) is 3.66. The van der Waals surface area contributed by atoms with Crippen LogP contribution in [-0.2, 0) is 11.4 Å². The number of nitrogens with one attached hydrogen (secondary N) is 1. The SMILES string of the molecule is Cc1nc(N2CCC3(CCC[C@H]3N[S+]([O-])C(C)(C)C)CC2)n2ccnc2c1-c1cccc(Cl)c1Cl. The summed E-state index contributed by atoms with van der Waals surface area (Å²) in [6.07, 6.45) is 9.38. The fourth-order valence-corrected chi connectivity index (χ4v) is 7.06. The molecule has 188 valence electrons. The van der Waals surface area contributed by atoms with Crippen LogP contribution < -0.4 is 9.62 Å². The van der Waals surface area contributed by atoms with Gasteiger partial charge in [-0.1, -0.05) is 41.8 Å². The Labute approximate surface area is 220 Å². The van der Waals surface area contributed by atoms with Crippen molar-refractivity contribution in [3.05, 3.63) is 46.3 Å². The van der Waals surface area contributed by atoms with Gasteiger partial charge in [-0.3, -0.25) is 4.40 Å². The molecule has 1 aliphatic carbocycles. The van der Waals surface area contributed by atoms with Crippen molar-refractivity contribution in [2.24, 2.45) is 5.41 Å². The van der Waals surface area contributed by atoms with E-state index in [9.17, 15) is 4.55 Å². The number of aromatic nitrogens is 3. The van der Waals surface area contributed by atoms with Gasteiger partial charge < -0.3 is 9.45 Å². The van der Waals surface area contributed by atoms with Gasteiger partial charge in [-0.05, 0) is 64.9 Å². The van der Waals surface area contributed by atoms with E-state index in [0.29, 0.717) is 16.1 Å². The van der Waals surface area contributed by atoms with Gasteiger partial charge in [0.25, 0.3) is 0 Å². The van der Waals surface area contributed by atoms with Crippen molar-refractivity contribution in [1.29, 1.82) is 0 Å². The van der Waals surface area contributed by atoms with Crippen LogP contribution in [0, 0.1) is 12.3 Å². The third-order valence-corrected chi connectivity index (χ3v) is 10.1. The third-order valence-electron chi connectivity index (χ3n) is 7.68. The first-order valence-corrected chi connectivity index (χ1v) is 14.2. The zero-order chi connectivity index (χ0) is 25.0. The molecule has 1 saturated carbocycles. The van der Waals surface area contributed by atoms with Crippen LogP contribution in [0.4, 0.5) is 5.95 Å². The second kappa shape index (κ2) is 9.42. The minimum atomic E-state index is -1.05. The van der Waals surface area contributed by atoms with E-state index < -0.39 is 11.4 Å². The van der Waals surface area contributed by atoms with Crippen LogP contribution in [-0.4, -0.2) is 42.8 Å². The van der Waals surface area contributed by atoms with E-state index in [2.05, 4.69) is 19.0 Å². The zero-order valence-electron chi connectivity index (χ0n) is 20.8. The van der Waals surface area contributed by atoms with Gasteiger partial charge in [0.05, 0.1) is 21.8 Å². The second-order valence-corrected chi connectivity index (χ2v) is 13.7. The zero-order valence-corrected chi connectivity index (χ0v) is 23.1. The molecule has 2 aliphatic rings. The van der Waals surface area contributed by atoms with Gasteiger partial charge in [0.1, 0.15) is 10.4 Å². The van der Waals surface area contributed by atoms with Crippen molar-refractivity contribution in [2.75, 3.05) is 18.0 Å². The Morgan fingerprint density at radius 2 is 1.91 bits per heavy atom. The van der Waals surface area contributed by atoms with Gasteiger partial charge in [0.15, 0.2) is 0 Å². The standard InChI is InChI=1S/C26H33Cl2N5OS/c1-17-21(18-7-5-8-19(27)22(18)28)23-29-13-16-33(23)24(30-17)32-14-11-26(12-15-32)10-6-9-20(26)31-35(34)25(2,3)4/h5,7-8,13,16,20,31H,6,9-12,14-15H2,1-4H3/t20-,35?/m1/s1. The Balaban J connectivity index is 1.42. The highest BCUT2D eigenvalue weighted by atomic mass is 35.5. The van der Waals surface area contributed by atoms with Crippen molar-refractivity contribution in [3.63, 3.8) is 0 Å². The number of benzene rings is 1. The molecule has 1 saturated heterocycles. The van der Waals surface area contributed by atoms with Crippen LogP contribution in [0.3, 0.4) is 0 Å². The topological polar surface area (TPSA) is 68.5 Å². The minimum absolute atomic E-state index is 0.203. The maximum absolute atomic E-state index is 12.8. The predicted molar refractivity (Wildman–Crippen MR) is 146 cm³/mol. The number of piperidine rings is 1. The average Bonchev–Trinajstić information content (AvgIpc) is 3.44. The first-order chi connectivity index (χ1) is 16.6. The smallest absolute Gasteiger partial charge is 0.211 e. The molecule has 1 N–H and O–H groups in total. The van der Waals surface area contributed by atoms with E-state index in [-0.39, 0.29) is 10.2 Å². The first-order valence-electron chi connectivity index (χ1n) is 12.3. The van der Waals surface area contributed by atoms with E-state index >= 15 is 0 Å². The highest BCUT2D eigenvalue weighted by Gasteiger charge is 2.48. The summed E-state index contributed by atoms with van der Waals surface area (Å²) in [4.78, 5) is 12.1. The van der Waals surface area contributed by atoms with E-state index in [1.807, 2.05) is 52.2 Å². The quantitative estimate of drug-likeness (QED) is 0.404. The lowest BCUT2D eigenvalue weighted by Gasteiger charge is -2.44. The molecule has 3 heterocycles. The van der Waals surface area contributed by atoms with E-state index in [4.69, 9.17) is 28.2 Å². The van der Waals surface area contributed by atoms with Gasteiger partial charge in [0.2, 0.25) is 5.95 Å². The van der Waals surface area contributed by atoms with Gasteiger partial charge >= 0.3 is 0 Å². The summed E-state index contributed by atoms with van der Waals surface area (Å²) >= 11 is 11.8. The van der Waals surface area contributed by atoms with Gasteiger partial charge in [-0.2, -0.15) is 0 Å². The number of halogens is 2. The molecule has 35 heavy (non-hydrogen) atoms. The fraction of sp³-hybridized carbons (Fsp3) is 0.538. The molecule has 0 amide bonds. The molecule has 1 unspecified atom stereocenters. The van der Waals surface area contributed by atoms with Crippen molar-refractivity contribution in [1.82, 2.24) is 19.1 Å². The number of fused-ring (bicyclic) bond motifs is 1. The van der Waals surface area contributed by atoms with Gasteiger partial charge in [-0.15, -0.1) is 4.72 Å². The molecular formula is C26H33Cl2N5OS. The van der Waals surface area contributed by atoms with Crippen LogP contribution >= 0.6 is 23.2 Å². The summed E-state index contributed by atoms with van der Waals surface area (Å²) < 4.78 is 18.1. The van der Waals surface area contributed by atoms with Crippen LogP contribution in [0.2, 0.25) is 10.0 Å². The molecule has 9 heteroatoms. The van der Waals surface area contributed by atoms with Crippen LogP contribution in [0.15, 0.2) is 30.6 Å². The lowest BCUT2D eigenvalue weighted by atomic mass is 9.74. The van der Waals surface area contributed by atoms with Crippen LogP contribution in [0.25, 0.3) is 16.8 Å². The van der Waals surface area contributed by atoms with E-state index in [0.717, 1.165) is 60.8 Å². The number of anilines is 1. The van der Waals surface area contributed by atoms with Crippen molar-refractivity contribution >= 4 is 46.2 Å². The Bertz CT molecular complexity index is 1230. The molecule has 2 aromatic heterocycles. The maximum atomic E-state index is 12.8. The largest absolute Gasteiger partial charge is 0.598 e. The van der Waals surface area contributed by atoms with E-state index in [1.165, 1.54) is 12.8 Å². The Morgan fingerprint density at radius 3 is 2.63 bits per heavy atom. The monoisotopic (exact) mass is 533 g/mol. The number of rotatable bonds is 4. The Kier molecular flexibility index (Phi) is 6.77. The Morgan fingerprint density at radius 1 is 1.17 bits per heavy atom. The molecule has 5 rings (SSSR count). The summed E-state index contributed by atoms with van der Waals surface area (Å²) in [7, 11) is 0. The second-order valence-electron chi connectivity index (χ2n) is 10.9. The lowest BCUT2D eigenvalue weighted by molar-refractivity contribution is 0.186.